The number of nitrogens with two attached hydrogens (primary N) is 1. The van der Waals surface area contributed by atoms with Gasteiger partial charge in [-0.25, -0.2) is 0 Å². The molecule has 0 radical (unpaired) electrons. The van der Waals surface area contributed by atoms with Crippen LogP contribution < -0.4 is 5.73 Å². The van der Waals surface area contributed by atoms with Gasteiger partial charge in [0.25, 0.3) is 0 Å². The maximum atomic E-state index is 5.61. The molecule has 1 aliphatic rings. The number of rotatable bonds is 3. The molecule has 1 aliphatic heterocycles. The Hall–Kier alpha value is -0.510. The minimum atomic E-state index is 0.561. The smallest absolute Gasteiger partial charge is 0.0364 e. The number of thioether (sulfide) groups is 1. The molecule has 0 aliphatic carbocycles. The number of hydrogen-bond acceptors (Lipinski definition) is 3. The molecule has 0 spiro atoms. The fraction of sp³-hybridized carbons (Fsp3) is 0.500. The molecule has 0 bridgehead atoms. The first kappa shape index (κ1) is 11.0. The van der Waals surface area contributed by atoms with E-state index < -0.39 is 0 Å². The van der Waals surface area contributed by atoms with Crippen molar-refractivity contribution in [2.75, 3.05) is 25.9 Å². The molecule has 0 fully saturated rings. The van der Waals surface area contributed by atoms with Crippen molar-refractivity contribution in [1.29, 1.82) is 0 Å². The number of fused-ring (bicyclic) bond motifs is 1. The molecule has 1 unspecified atom stereocenters. The van der Waals surface area contributed by atoms with Crippen molar-refractivity contribution >= 4 is 11.8 Å². The summed E-state index contributed by atoms with van der Waals surface area (Å²) in [5, 5.41) is 0. The lowest BCUT2D eigenvalue weighted by Crippen LogP contribution is -2.31. The zero-order valence-electron chi connectivity index (χ0n) is 9.15. The maximum absolute atomic E-state index is 5.61. The lowest BCUT2D eigenvalue weighted by molar-refractivity contribution is 0.242. The number of hydrogen-bond donors (Lipinski definition) is 1. The van der Waals surface area contributed by atoms with Gasteiger partial charge in [0.15, 0.2) is 0 Å². The molecule has 82 valence electrons. The van der Waals surface area contributed by atoms with Crippen LogP contribution in [0.3, 0.4) is 0 Å². The minimum Gasteiger partial charge on any atom is -0.329 e. The highest BCUT2D eigenvalue weighted by Crippen LogP contribution is 2.38. The van der Waals surface area contributed by atoms with E-state index >= 15 is 0 Å². The molecule has 0 amide bonds. The fourth-order valence-corrected chi connectivity index (χ4v) is 3.25. The molecule has 0 saturated heterocycles. The molecule has 0 aromatic heterocycles. The Morgan fingerprint density at radius 2 is 2.27 bits per heavy atom. The molecule has 2 nitrogen and oxygen atoms in total. The van der Waals surface area contributed by atoms with E-state index in [9.17, 15) is 0 Å². The monoisotopic (exact) mass is 222 g/mol. The third-order valence-electron chi connectivity index (χ3n) is 2.94. The first-order valence-corrected chi connectivity index (χ1v) is 6.43. The van der Waals surface area contributed by atoms with Crippen molar-refractivity contribution in [1.82, 2.24) is 4.90 Å². The van der Waals surface area contributed by atoms with Gasteiger partial charge in [-0.1, -0.05) is 18.2 Å². The SMILES string of the molecule is CN(CCN)C1CCSc2ccccc21. The van der Waals surface area contributed by atoms with Crippen molar-refractivity contribution < 1.29 is 0 Å². The largest absolute Gasteiger partial charge is 0.329 e. The van der Waals surface area contributed by atoms with Gasteiger partial charge < -0.3 is 5.73 Å². The third kappa shape index (κ3) is 2.36. The highest BCUT2D eigenvalue weighted by atomic mass is 32.2. The molecule has 1 aromatic rings. The van der Waals surface area contributed by atoms with Gasteiger partial charge in [-0.3, -0.25) is 4.90 Å². The number of benzene rings is 1. The van der Waals surface area contributed by atoms with E-state index in [1.54, 1.807) is 0 Å². The average Bonchev–Trinajstić information content (AvgIpc) is 2.28. The van der Waals surface area contributed by atoms with Crippen LogP contribution in [0.1, 0.15) is 18.0 Å². The van der Waals surface area contributed by atoms with E-state index in [2.05, 4.69) is 36.2 Å². The molecule has 2 rings (SSSR count). The topological polar surface area (TPSA) is 29.3 Å². The van der Waals surface area contributed by atoms with Gasteiger partial charge in [0, 0.05) is 24.0 Å². The van der Waals surface area contributed by atoms with E-state index in [1.807, 2.05) is 11.8 Å². The Labute approximate surface area is 95.8 Å². The lowest BCUT2D eigenvalue weighted by atomic mass is 10.0. The molecule has 1 heterocycles. The van der Waals surface area contributed by atoms with Crippen molar-refractivity contribution in [3.8, 4) is 0 Å². The Kier molecular flexibility index (Phi) is 3.67. The van der Waals surface area contributed by atoms with Crippen molar-refractivity contribution in [3.63, 3.8) is 0 Å². The predicted molar refractivity (Wildman–Crippen MR) is 66.2 cm³/mol. The summed E-state index contributed by atoms with van der Waals surface area (Å²) in [4.78, 5) is 3.82. The van der Waals surface area contributed by atoms with Crippen LogP contribution >= 0.6 is 11.8 Å². The zero-order chi connectivity index (χ0) is 10.7. The summed E-state index contributed by atoms with van der Waals surface area (Å²) in [5.41, 5.74) is 7.09. The molecular formula is C12H18N2S. The summed E-state index contributed by atoms with van der Waals surface area (Å²) in [6.45, 7) is 1.71. The molecule has 1 atom stereocenters. The van der Waals surface area contributed by atoms with E-state index in [4.69, 9.17) is 5.73 Å². The molecule has 15 heavy (non-hydrogen) atoms. The second kappa shape index (κ2) is 5.01. The van der Waals surface area contributed by atoms with Crippen molar-refractivity contribution in [2.45, 2.75) is 17.4 Å². The summed E-state index contributed by atoms with van der Waals surface area (Å²) in [7, 11) is 2.17. The van der Waals surface area contributed by atoms with E-state index in [-0.39, 0.29) is 0 Å². The minimum absolute atomic E-state index is 0.561. The molecule has 2 N–H and O–H groups in total. The first-order chi connectivity index (χ1) is 7.33. The van der Waals surface area contributed by atoms with E-state index in [1.165, 1.54) is 22.6 Å². The molecule has 0 saturated carbocycles. The second-order valence-electron chi connectivity index (χ2n) is 3.96. The fourth-order valence-electron chi connectivity index (χ4n) is 2.14. The van der Waals surface area contributed by atoms with Crippen LogP contribution in [0.2, 0.25) is 0 Å². The van der Waals surface area contributed by atoms with Crippen LogP contribution in [0.15, 0.2) is 29.2 Å². The normalized spacial score (nSPS) is 20.3. The standard InChI is InChI=1S/C12H18N2S/c1-14(8-7-13)11-6-9-15-12-5-3-2-4-10(11)12/h2-5,11H,6-9,13H2,1H3. The van der Waals surface area contributed by atoms with Crippen molar-refractivity contribution in [2.24, 2.45) is 5.73 Å². The molecule has 1 aromatic carbocycles. The Morgan fingerprint density at radius 3 is 3.07 bits per heavy atom. The van der Waals surface area contributed by atoms with Crippen LogP contribution in [0.25, 0.3) is 0 Å². The lowest BCUT2D eigenvalue weighted by Gasteiger charge is -2.32. The third-order valence-corrected chi connectivity index (χ3v) is 4.06. The second-order valence-corrected chi connectivity index (χ2v) is 5.10. The predicted octanol–water partition coefficient (Wildman–Crippen LogP) is 2.11. The van der Waals surface area contributed by atoms with Crippen LogP contribution in [0.4, 0.5) is 0 Å². The Bertz CT molecular complexity index is 327. The summed E-state index contributed by atoms with van der Waals surface area (Å²) < 4.78 is 0. The van der Waals surface area contributed by atoms with Gasteiger partial charge in [-0.2, -0.15) is 0 Å². The Morgan fingerprint density at radius 1 is 1.47 bits per heavy atom. The van der Waals surface area contributed by atoms with Gasteiger partial charge >= 0.3 is 0 Å². The summed E-state index contributed by atoms with van der Waals surface area (Å²) in [5.74, 6) is 1.22. The molecule has 3 heteroatoms. The van der Waals surface area contributed by atoms with Gasteiger partial charge in [-0.15, -0.1) is 11.8 Å². The van der Waals surface area contributed by atoms with Gasteiger partial charge in [0.05, 0.1) is 0 Å². The quantitative estimate of drug-likeness (QED) is 0.849. The van der Waals surface area contributed by atoms with Crippen LogP contribution in [-0.2, 0) is 0 Å². The van der Waals surface area contributed by atoms with Crippen LogP contribution in [0, 0.1) is 0 Å². The Balaban J connectivity index is 2.21. The van der Waals surface area contributed by atoms with E-state index in [0.29, 0.717) is 6.04 Å². The molecular weight excluding hydrogens is 204 g/mol. The van der Waals surface area contributed by atoms with Crippen LogP contribution in [0.5, 0.6) is 0 Å². The number of nitrogens with zero attached hydrogens (tertiary/aromatic N) is 1. The van der Waals surface area contributed by atoms with Gasteiger partial charge in [0.1, 0.15) is 0 Å². The number of likely N-dealkylation sites (N-methyl/N-ethyl adjacent to an activating group) is 1. The summed E-state index contributed by atoms with van der Waals surface area (Å²) in [6, 6.07) is 9.29. The zero-order valence-corrected chi connectivity index (χ0v) is 9.96. The van der Waals surface area contributed by atoms with Crippen LogP contribution in [-0.4, -0.2) is 30.8 Å². The van der Waals surface area contributed by atoms with Gasteiger partial charge in [0.2, 0.25) is 0 Å². The maximum Gasteiger partial charge on any atom is 0.0364 e. The van der Waals surface area contributed by atoms with E-state index in [0.717, 1.165) is 13.1 Å². The van der Waals surface area contributed by atoms with Crippen molar-refractivity contribution in [3.05, 3.63) is 29.8 Å². The summed E-state index contributed by atoms with van der Waals surface area (Å²) >= 11 is 1.97. The highest BCUT2D eigenvalue weighted by molar-refractivity contribution is 7.99. The van der Waals surface area contributed by atoms with Gasteiger partial charge in [-0.05, 0) is 30.9 Å². The average molecular weight is 222 g/mol. The first-order valence-electron chi connectivity index (χ1n) is 5.45. The summed E-state index contributed by atoms with van der Waals surface area (Å²) in [6.07, 6.45) is 1.23. The highest BCUT2D eigenvalue weighted by Gasteiger charge is 2.22.